The van der Waals surface area contributed by atoms with Crippen molar-refractivity contribution in [2.45, 2.75) is 43.2 Å². The largest absolute Gasteiger partial charge is 0.495 e. The van der Waals surface area contributed by atoms with Crippen LogP contribution in [0.2, 0.25) is 0 Å². The molecule has 4 aliphatic heterocycles. The Bertz CT molecular complexity index is 991. The third-order valence-electron chi connectivity index (χ3n) is 8.30. The van der Waals surface area contributed by atoms with Gasteiger partial charge in [0, 0.05) is 18.9 Å². The number of nitrogens with zero attached hydrogens (tertiary/aromatic N) is 1. The van der Waals surface area contributed by atoms with Crippen LogP contribution in [0, 0.1) is 11.3 Å². The number of methoxy groups -OCH3 is 2. The van der Waals surface area contributed by atoms with Crippen molar-refractivity contribution < 1.29 is 23.8 Å². The number of benzene rings is 1. The molecule has 0 amide bonds. The minimum Gasteiger partial charge on any atom is -0.495 e. The summed E-state index contributed by atoms with van der Waals surface area (Å²) in [5, 5.41) is 3.62. The van der Waals surface area contributed by atoms with Gasteiger partial charge in [-0.15, -0.1) is 0 Å². The maximum Gasteiger partial charge on any atom is 0.320 e. The molecule has 1 aromatic rings. The molecule has 152 valence electrons. The van der Waals surface area contributed by atoms with E-state index in [9.17, 15) is 9.59 Å². The molecule has 7 nitrogen and oxygen atoms in total. The number of rotatable bonds is 3. The molecule has 1 aliphatic carbocycles. The number of ether oxygens (including phenoxy) is 3. The molecule has 1 saturated carbocycles. The van der Waals surface area contributed by atoms with Crippen molar-refractivity contribution in [1.82, 2.24) is 4.90 Å². The van der Waals surface area contributed by atoms with Crippen LogP contribution in [-0.2, 0) is 24.5 Å². The van der Waals surface area contributed by atoms with Crippen molar-refractivity contribution in [1.29, 1.82) is 0 Å². The van der Waals surface area contributed by atoms with Crippen molar-refractivity contribution in [3.8, 4) is 5.75 Å². The number of hydrogen-bond acceptors (Lipinski definition) is 7. The molecule has 1 N–H and O–H groups in total. The first-order valence-electron chi connectivity index (χ1n) is 10.1. The average Bonchev–Trinajstić information content (AvgIpc) is 3.36. The van der Waals surface area contributed by atoms with E-state index in [2.05, 4.69) is 16.3 Å². The van der Waals surface area contributed by atoms with Crippen LogP contribution >= 0.6 is 0 Å². The topological polar surface area (TPSA) is 77.1 Å². The molecule has 4 heterocycles. The van der Waals surface area contributed by atoms with E-state index in [1.807, 2.05) is 25.1 Å². The van der Waals surface area contributed by atoms with E-state index in [0.29, 0.717) is 25.1 Å². The lowest BCUT2D eigenvalue weighted by atomic mass is 9.42. The number of para-hydroxylation sites is 1. The van der Waals surface area contributed by atoms with Crippen LogP contribution in [0.25, 0.3) is 0 Å². The summed E-state index contributed by atoms with van der Waals surface area (Å²) in [5.74, 6) is 0.00166. The van der Waals surface area contributed by atoms with Gasteiger partial charge in [0.15, 0.2) is 5.72 Å². The molecular weight excluding hydrogens is 372 g/mol. The summed E-state index contributed by atoms with van der Waals surface area (Å²) in [6.45, 7) is 2.69. The Morgan fingerprint density at radius 1 is 1.38 bits per heavy atom. The van der Waals surface area contributed by atoms with E-state index in [1.54, 1.807) is 7.11 Å². The second-order valence-corrected chi connectivity index (χ2v) is 8.74. The lowest BCUT2D eigenvalue weighted by Gasteiger charge is -2.63. The summed E-state index contributed by atoms with van der Waals surface area (Å²) in [6.07, 6.45) is 4.01. The molecule has 0 radical (unpaired) electrons. The van der Waals surface area contributed by atoms with Crippen LogP contribution in [0.3, 0.4) is 0 Å². The number of hydrogen-bond donors (Lipinski definition) is 1. The van der Waals surface area contributed by atoms with Gasteiger partial charge in [0.05, 0.1) is 31.4 Å². The molecule has 5 aliphatic rings. The van der Waals surface area contributed by atoms with Gasteiger partial charge in [-0.1, -0.05) is 23.8 Å². The van der Waals surface area contributed by atoms with Crippen LogP contribution in [0.15, 0.2) is 29.8 Å². The van der Waals surface area contributed by atoms with E-state index in [-0.39, 0.29) is 18.2 Å². The monoisotopic (exact) mass is 396 g/mol. The van der Waals surface area contributed by atoms with Gasteiger partial charge >= 0.3 is 5.97 Å². The van der Waals surface area contributed by atoms with Gasteiger partial charge in [-0.2, -0.15) is 0 Å². The highest BCUT2D eigenvalue weighted by molar-refractivity contribution is 5.99. The maximum absolute atomic E-state index is 13.5. The van der Waals surface area contributed by atoms with Crippen molar-refractivity contribution in [3.63, 3.8) is 0 Å². The molecule has 1 aromatic carbocycles. The van der Waals surface area contributed by atoms with Gasteiger partial charge in [-0.3, -0.25) is 9.69 Å². The van der Waals surface area contributed by atoms with Crippen molar-refractivity contribution in [2.75, 3.05) is 26.1 Å². The standard InChI is InChI=1S/C22H24N2O5/c1-4-12-10-24-16-8-14(12)20(11-25,19(26)28-3)21-9-17(24)29-22(16,21)23-18-13(21)6-5-7-15(18)27-2/h4-7,11,14,16-17,23H,8-10H2,1-3H3/b12-4+/t14-,16?,17-,20-,21-,22-/m0/s1. The zero-order valence-corrected chi connectivity index (χ0v) is 16.7. The van der Waals surface area contributed by atoms with E-state index >= 15 is 0 Å². The van der Waals surface area contributed by atoms with Crippen molar-refractivity contribution >= 4 is 17.9 Å². The normalized spacial score (nSPS) is 44.4. The second-order valence-electron chi connectivity index (χ2n) is 8.74. The summed E-state index contributed by atoms with van der Waals surface area (Å²) in [7, 11) is 3.00. The molecule has 6 atom stereocenters. The fraction of sp³-hybridized carbons (Fsp3) is 0.545. The van der Waals surface area contributed by atoms with Crippen LogP contribution < -0.4 is 10.1 Å². The van der Waals surface area contributed by atoms with Crippen LogP contribution in [0.1, 0.15) is 25.3 Å². The number of anilines is 1. The number of carbonyl (C=O) groups excluding carboxylic acids is 2. The second kappa shape index (κ2) is 5.21. The van der Waals surface area contributed by atoms with Gasteiger partial charge in [-0.05, 0) is 25.0 Å². The number of fused-ring (bicyclic) bond motifs is 4. The van der Waals surface area contributed by atoms with Crippen LogP contribution in [-0.4, -0.2) is 55.9 Å². The maximum atomic E-state index is 13.5. The highest BCUT2D eigenvalue weighted by Crippen LogP contribution is 2.76. The molecule has 1 spiro atoms. The van der Waals surface area contributed by atoms with Gasteiger partial charge in [0.25, 0.3) is 0 Å². The van der Waals surface area contributed by atoms with E-state index in [1.165, 1.54) is 7.11 Å². The summed E-state index contributed by atoms with van der Waals surface area (Å²) in [4.78, 5) is 28.9. The lowest BCUT2D eigenvalue weighted by molar-refractivity contribution is -0.182. The molecule has 6 rings (SSSR count). The molecule has 29 heavy (non-hydrogen) atoms. The van der Waals surface area contributed by atoms with Crippen LogP contribution in [0.5, 0.6) is 5.75 Å². The first-order chi connectivity index (χ1) is 14.0. The Morgan fingerprint density at radius 2 is 2.21 bits per heavy atom. The van der Waals surface area contributed by atoms with E-state index < -0.39 is 22.5 Å². The summed E-state index contributed by atoms with van der Waals surface area (Å²) < 4.78 is 17.6. The first kappa shape index (κ1) is 17.5. The SMILES string of the molecule is C/C=C1\CN2C3C[C@@H]1[C@@](C=O)(C(=O)OC)[C@@]14C[C@@H]2O[C@@]31Nc1c(OC)cccc14. The molecule has 1 unspecified atom stereocenters. The van der Waals surface area contributed by atoms with Gasteiger partial charge in [-0.25, -0.2) is 0 Å². The summed E-state index contributed by atoms with van der Waals surface area (Å²) in [6, 6.07) is 5.89. The van der Waals surface area contributed by atoms with E-state index in [4.69, 9.17) is 14.2 Å². The Kier molecular flexibility index (Phi) is 3.14. The van der Waals surface area contributed by atoms with Crippen molar-refractivity contribution in [2.24, 2.45) is 11.3 Å². The minimum absolute atomic E-state index is 0.0739. The van der Waals surface area contributed by atoms with Gasteiger partial charge < -0.3 is 24.3 Å². The van der Waals surface area contributed by atoms with Crippen molar-refractivity contribution in [3.05, 3.63) is 35.4 Å². The number of esters is 1. The minimum atomic E-state index is -1.36. The fourth-order valence-electron chi connectivity index (χ4n) is 7.35. The van der Waals surface area contributed by atoms with E-state index in [0.717, 1.165) is 23.1 Å². The Labute approximate surface area is 169 Å². The first-order valence-corrected chi connectivity index (χ1v) is 10.1. The number of aldehydes is 1. The summed E-state index contributed by atoms with van der Waals surface area (Å²) >= 11 is 0. The zero-order valence-electron chi connectivity index (χ0n) is 16.7. The molecule has 4 bridgehead atoms. The third-order valence-corrected chi connectivity index (χ3v) is 8.30. The van der Waals surface area contributed by atoms with Crippen LogP contribution in [0.4, 0.5) is 5.69 Å². The number of piperidine rings is 2. The smallest absolute Gasteiger partial charge is 0.320 e. The number of allylic oxidation sites excluding steroid dienone is 1. The molecule has 7 heteroatoms. The highest BCUT2D eigenvalue weighted by Gasteiger charge is 2.87. The molecule has 3 saturated heterocycles. The Hall–Kier alpha value is -2.38. The molecule has 0 aromatic heterocycles. The molecule has 4 fully saturated rings. The quantitative estimate of drug-likeness (QED) is 0.361. The summed E-state index contributed by atoms with van der Waals surface area (Å²) in [5.41, 5.74) is -0.199. The predicted octanol–water partition coefficient (Wildman–Crippen LogP) is 1.82. The average molecular weight is 396 g/mol. The molecular formula is C22H24N2O5. The third kappa shape index (κ3) is 1.50. The Morgan fingerprint density at radius 3 is 2.90 bits per heavy atom. The number of nitrogens with one attached hydrogen (secondary N) is 1. The van der Waals surface area contributed by atoms with Gasteiger partial charge in [0.2, 0.25) is 0 Å². The highest BCUT2D eigenvalue weighted by atomic mass is 16.6. The number of carbonyl (C=O) groups is 2. The predicted molar refractivity (Wildman–Crippen MR) is 103 cm³/mol. The zero-order chi connectivity index (χ0) is 20.2. The van der Waals surface area contributed by atoms with Gasteiger partial charge in [0.1, 0.15) is 23.7 Å². The fourth-order valence-corrected chi connectivity index (χ4v) is 7.35. The lowest BCUT2D eigenvalue weighted by Crippen LogP contribution is -2.78. The Balaban J connectivity index is 1.74.